The summed E-state index contributed by atoms with van der Waals surface area (Å²) < 4.78 is 28.7. The van der Waals surface area contributed by atoms with Crippen LogP contribution in [0, 0.1) is 23.0 Å². The first-order chi connectivity index (χ1) is 14.6. The Morgan fingerprint density at radius 1 is 1.29 bits per heavy atom. The van der Waals surface area contributed by atoms with E-state index in [1.165, 1.54) is 17.8 Å². The molecular weight excluding hydrogens is 402 g/mol. The maximum absolute atomic E-state index is 13.8. The van der Waals surface area contributed by atoms with Crippen LogP contribution >= 0.6 is 0 Å². The van der Waals surface area contributed by atoms with Crippen molar-refractivity contribution in [2.24, 2.45) is 11.3 Å². The van der Waals surface area contributed by atoms with Gasteiger partial charge in [-0.1, -0.05) is 32.4 Å². The summed E-state index contributed by atoms with van der Waals surface area (Å²) in [6, 6.07) is 3.07. The number of halogens is 2. The Bertz CT molecular complexity index is 1160. The first kappa shape index (κ1) is 21.3. The number of rotatable bonds is 3. The van der Waals surface area contributed by atoms with E-state index >= 15 is 0 Å². The lowest BCUT2D eigenvalue weighted by molar-refractivity contribution is 0.0947. The van der Waals surface area contributed by atoms with Crippen LogP contribution in [0.4, 0.5) is 8.78 Å². The van der Waals surface area contributed by atoms with Crippen molar-refractivity contribution < 1.29 is 18.7 Å². The standard InChI is InChI=1S/C24H26F2N2O3/c1-13-11-28-12-17(23(31)27-10-15-7-8-16(25)9-18(15)26)21(29)22(30)20(28)19(24(13,2)3)14-5-4-6-14/h7-9,12-13,30H,4-6,10-11H2,1-3H3,(H,27,31). The lowest BCUT2D eigenvalue weighted by atomic mass is 9.66. The molecule has 1 atom stereocenters. The Kier molecular flexibility index (Phi) is 5.23. The Hall–Kier alpha value is -2.96. The number of benzene rings is 1. The van der Waals surface area contributed by atoms with E-state index < -0.39 is 28.7 Å². The molecule has 2 aliphatic rings. The minimum absolute atomic E-state index is 0.101. The van der Waals surface area contributed by atoms with Gasteiger partial charge < -0.3 is 15.0 Å². The summed E-state index contributed by atoms with van der Waals surface area (Å²) in [4.78, 5) is 25.6. The highest BCUT2D eigenvalue weighted by Crippen LogP contribution is 2.52. The number of hydrogen-bond acceptors (Lipinski definition) is 3. The number of carbonyl (C=O) groups excluding carboxylic acids is 1. The van der Waals surface area contributed by atoms with Gasteiger partial charge in [-0.15, -0.1) is 0 Å². The van der Waals surface area contributed by atoms with Crippen molar-refractivity contribution in [3.8, 4) is 5.75 Å². The maximum Gasteiger partial charge on any atom is 0.257 e. The van der Waals surface area contributed by atoms with Gasteiger partial charge in [-0.3, -0.25) is 9.59 Å². The minimum atomic E-state index is -0.780. The highest BCUT2D eigenvalue weighted by molar-refractivity contribution is 5.95. The molecule has 164 valence electrons. The van der Waals surface area contributed by atoms with E-state index in [1.54, 1.807) is 4.57 Å². The number of nitrogens with zero attached hydrogens (tertiary/aromatic N) is 1. The molecule has 0 saturated heterocycles. The molecule has 5 nitrogen and oxygen atoms in total. The molecule has 2 heterocycles. The highest BCUT2D eigenvalue weighted by atomic mass is 19.1. The van der Waals surface area contributed by atoms with Crippen molar-refractivity contribution in [2.45, 2.75) is 53.1 Å². The molecule has 7 heteroatoms. The Labute approximate surface area is 179 Å². The van der Waals surface area contributed by atoms with Gasteiger partial charge in [0.15, 0.2) is 5.75 Å². The van der Waals surface area contributed by atoms with Crippen molar-refractivity contribution in [3.05, 3.63) is 68.6 Å². The zero-order chi connectivity index (χ0) is 22.5. The summed E-state index contributed by atoms with van der Waals surface area (Å²) in [5.41, 5.74) is 1.72. The van der Waals surface area contributed by atoms with Crippen molar-refractivity contribution in [3.63, 3.8) is 0 Å². The second kappa shape index (κ2) is 7.62. The van der Waals surface area contributed by atoms with Crippen molar-refractivity contribution >= 4 is 11.5 Å². The molecule has 1 aliphatic carbocycles. The van der Waals surface area contributed by atoms with Gasteiger partial charge in [0.25, 0.3) is 5.91 Å². The number of amides is 1. The average molecular weight is 428 g/mol. The van der Waals surface area contributed by atoms with Gasteiger partial charge in [-0.05, 0) is 42.2 Å². The molecular formula is C24H26F2N2O3. The molecule has 1 aliphatic heterocycles. The van der Waals surface area contributed by atoms with Crippen LogP contribution in [0.25, 0.3) is 5.57 Å². The van der Waals surface area contributed by atoms with Crippen LogP contribution in [-0.2, 0) is 13.1 Å². The Morgan fingerprint density at radius 3 is 2.61 bits per heavy atom. The predicted molar refractivity (Wildman–Crippen MR) is 114 cm³/mol. The molecule has 1 unspecified atom stereocenters. The van der Waals surface area contributed by atoms with Crippen LogP contribution in [0.1, 0.15) is 61.6 Å². The van der Waals surface area contributed by atoms with Gasteiger partial charge >= 0.3 is 0 Å². The molecule has 31 heavy (non-hydrogen) atoms. The highest BCUT2D eigenvalue weighted by Gasteiger charge is 2.41. The van der Waals surface area contributed by atoms with Crippen molar-refractivity contribution in [2.75, 3.05) is 0 Å². The first-order valence-electron chi connectivity index (χ1n) is 10.5. The number of nitrogens with one attached hydrogen (secondary N) is 1. The van der Waals surface area contributed by atoms with E-state index in [2.05, 4.69) is 26.1 Å². The fourth-order valence-corrected chi connectivity index (χ4v) is 4.46. The Balaban J connectivity index is 1.70. The summed E-state index contributed by atoms with van der Waals surface area (Å²) >= 11 is 0. The van der Waals surface area contributed by atoms with Gasteiger partial charge in [0.1, 0.15) is 17.2 Å². The van der Waals surface area contributed by atoms with Crippen LogP contribution in [0.5, 0.6) is 5.75 Å². The second-order valence-electron chi connectivity index (χ2n) is 9.09. The van der Waals surface area contributed by atoms with Crippen LogP contribution in [-0.4, -0.2) is 15.6 Å². The molecule has 1 saturated carbocycles. The molecule has 4 rings (SSSR count). The zero-order valence-electron chi connectivity index (χ0n) is 17.9. The second-order valence-corrected chi connectivity index (χ2v) is 9.09. The normalized spacial score (nSPS) is 19.6. The zero-order valence-corrected chi connectivity index (χ0v) is 17.9. The monoisotopic (exact) mass is 428 g/mol. The van der Waals surface area contributed by atoms with E-state index in [-0.39, 0.29) is 29.0 Å². The number of aromatic hydroxyl groups is 1. The van der Waals surface area contributed by atoms with E-state index in [0.717, 1.165) is 37.0 Å². The summed E-state index contributed by atoms with van der Waals surface area (Å²) in [6.07, 6.45) is 4.47. The molecule has 0 spiro atoms. The van der Waals surface area contributed by atoms with Gasteiger partial charge in [-0.2, -0.15) is 0 Å². The van der Waals surface area contributed by atoms with E-state index in [1.807, 2.05) is 0 Å². The predicted octanol–water partition coefficient (Wildman–Crippen LogP) is 4.38. The molecule has 0 bridgehead atoms. The third kappa shape index (κ3) is 3.56. The van der Waals surface area contributed by atoms with E-state index in [0.29, 0.717) is 12.2 Å². The average Bonchev–Trinajstić information content (AvgIpc) is 2.66. The summed E-state index contributed by atoms with van der Waals surface area (Å²) in [5, 5.41) is 13.3. The largest absolute Gasteiger partial charge is 0.503 e. The number of carbonyl (C=O) groups is 1. The molecule has 1 amide bonds. The molecule has 1 aromatic heterocycles. The lowest BCUT2D eigenvalue weighted by Gasteiger charge is -2.44. The number of fused-ring (bicyclic) bond motifs is 1. The smallest absolute Gasteiger partial charge is 0.257 e. The van der Waals surface area contributed by atoms with Gasteiger partial charge in [0.05, 0.1) is 5.69 Å². The van der Waals surface area contributed by atoms with Crippen LogP contribution in [0.3, 0.4) is 0 Å². The number of allylic oxidation sites excluding steroid dienone is 2. The SMILES string of the molecule is CC1Cn2cc(C(=O)NCc3ccc(F)cc3F)c(=O)c(O)c2C(=C2CCC2)C1(C)C. The number of aromatic nitrogens is 1. The van der Waals surface area contributed by atoms with Crippen molar-refractivity contribution in [1.82, 2.24) is 9.88 Å². The van der Waals surface area contributed by atoms with Crippen molar-refractivity contribution in [1.29, 1.82) is 0 Å². The number of pyridine rings is 1. The lowest BCUT2D eigenvalue weighted by Crippen LogP contribution is -2.38. The van der Waals surface area contributed by atoms with Crippen LogP contribution < -0.4 is 10.7 Å². The van der Waals surface area contributed by atoms with E-state index in [4.69, 9.17) is 0 Å². The fourth-order valence-electron chi connectivity index (χ4n) is 4.46. The fraction of sp³-hybridized carbons (Fsp3) is 0.417. The van der Waals surface area contributed by atoms with Crippen LogP contribution in [0.2, 0.25) is 0 Å². The maximum atomic E-state index is 13.8. The quantitative estimate of drug-likeness (QED) is 0.762. The van der Waals surface area contributed by atoms with Crippen LogP contribution in [0.15, 0.2) is 34.8 Å². The number of hydrogen-bond donors (Lipinski definition) is 2. The molecule has 1 aromatic carbocycles. The third-order valence-electron chi connectivity index (χ3n) is 6.85. The van der Waals surface area contributed by atoms with Gasteiger partial charge in [0.2, 0.25) is 5.43 Å². The summed E-state index contributed by atoms with van der Waals surface area (Å²) in [5.74, 6) is -2.39. The summed E-state index contributed by atoms with van der Waals surface area (Å²) in [7, 11) is 0. The molecule has 2 N–H and O–H groups in total. The Morgan fingerprint density at radius 2 is 2.00 bits per heavy atom. The molecule has 0 radical (unpaired) electrons. The summed E-state index contributed by atoms with van der Waals surface area (Å²) in [6.45, 7) is 6.73. The first-order valence-corrected chi connectivity index (χ1v) is 10.5. The molecule has 1 fully saturated rings. The van der Waals surface area contributed by atoms with Gasteiger partial charge in [-0.25, -0.2) is 8.78 Å². The van der Waals surface area contributed by atoms with Gasteiger partial charge in [0, 0.05) is 30.9 Å². The molecule has 2 aromatic rings. The minimum Gasteiger partial charge on any atom is -0.503 e. The van der Waals surface area contributed by atoms with E-state index in [9.17, 15) is 23.5 Å². The topological polar surface area (TPSA) is 71.3 Å². The third-order valence-corrected chi connectivity index (χ3v) is 6.85.